The zero-order valence-electron chi connectivity index (χ0n) is 20.3. The van der Waals surface area contributed by atoms with E-state index in [0.717, 1.165) is 31.7 Å². The molecule has 0 bridgehead atoms. The first-order valence-corrected chi connectivity index (χ1v) is 16.7. The topological polar surface area (TPSA) is 82.9 Å². The number of alkyl halides is 2. The molecular weight excluding hydrogens is 629 g/mol. The zero-order chi connectivity index (χ0) is 25.9. The molecule has 1 aliphatic rings. The number of nitrogens with zero attached hydrogens (tertiary/aromatic N) is 3. The van der Waals surface area contributed by atoms with Crippen LogP contribution >= 0.6 is 43.2 Å². The Labute approximate surface area is 230 Å². The summed E-state index contributed by atoms with van der Waals surface area (Å²) < 4.78 is 20.4. The number of carbonyl (C=O) groups is 1. The fourth-order valence-electron chi connectivity index (χ4n) is 4.01. The number of carbonyl (C=O) groups excluding carboxylic acids is 1. The molecule has 8 nitrogen and oxygen atoms in total. The Balaban J connectivity index is 1.38. The van der Waals surface area contributed by atoms with Crippen LogP contribution in [0.4, 0.5) is 5.69 Å². The van der Waals surface area contributed by atoms with Crippen LogP contribution in [-0.4, -0.2) is 51.4 Å². The summed E-state index contributed by atoms with van der Waals surface area (Å²) in [6, 6.07) is 15.2. The zero-order valence-corrected chi connectivity index (χ0v) is 24.0. The molecule has 0 N–H and O–H groups in total. The Kier molecular flexibility index (Phi) is 7.98. The van der Waals surface area contributed by atoms with E-state index in [1.165, 1.54) is 11.3 Å². The maximum absolute atomic E-state index is 13.4. The molecule has 0 unspecified atom stereocenters. The van der Waals surface area contributed by atoms with E-state index in [1.54, 1.807) is 24.9 Å². The molecule has 5 rings (SSSR count). The number of esters is 1. The predicted molar refractivity (Wildman–Crippen MR) is 156 cm³/mol. The SMILES string of the molecule is CCOC(=O)COI1CCN(c2ccc(-n3cnc4cc(-c5ccc(Cl)cc5)sc4c3=O)cc2OC)C1. The quantitative estimate of drug-likeness (QED) is 0.107. The van der Waals surface area contributed by atoms with Gasteiger partial charge in [-0.25, -0.2) is 0 Å². The van der Waals surface area contributed by atoms with Crippen molar-refractivity contribution in [2.24, 2.45) is 0 Å². The Bertz CT molecular complexity index is 1490. The van der Waals surface area contributed by atoms with Crippen LogP contribution in [-0.2, 0) is 12.6 Å². The van der Waals surface area contributed by atoms with Gasteiger partial charge in [0.25, 0.3) is 0 Å². The molecule has 4 aromatic rings. The minimum atomic E-state index is -1.75. The molecule has 0 atom stereocenters. The number of halogens is 2. The van der Waals surface area contributed by atoms with Crippen molar-refractivity contribution in [3.63, 3.8) is 0 Å². The molecule has 0 aliphatic carbocycles. The monoisotopic (exact) mass is 653 g/mol. The van der Waals surface area contributed by atoms with Gasteiger partial charge in [0.05, 0.1) is 0 Å². The number of thiophene rings is 1. The molecular formula is C26H25ClIN3O5S. The molecule has 0 spiro atoms. The standard InChI is InChI=1S/C26H25ClIN3O5S/c1-3-35-24(32)14-36-28-10-11-30(15-28)21-9-8-19(12-22(21)34-2)31-16-29-20-13-23(37-25(20)26(31)33)17-4-6-18(27)7-5-17/h4-9,12-13,16H,3,10-11,14-15H2,1-2H3. The first-order valence-electron chi connectivity index (χ1n) is 11.6. The van der Waals surface area contributed by atoms with E-state index >= 15 is 0 Å². The van der Waals surface area contributed by atoms with Gasteiger partial charge in [0, 0.05) is 5.02 Å². The van der Waals surface area contributed by atoms with Crippen molar-refractivity contribution in [1.29, 1.82) is 0 Å². The number of anilines is 1. The van der Waals surface area contributed by atoms with E-state index < -0.39 is 20.2 Å². The third-order valence-corrected chi connectivity index (χ3v) is 11.7. The van der Waals surface area contributed by atoms with E-state index in [4.69, 9.17) is 24.1 Å². The number of ether oxygens (including phenoxy) is 2. The van der Waals surface area contributed by atoms with Crippen LogP contribution in [0.15, 0.2) is 59.7 Å². The molecule has 37 heavy (non-hydrogen) atoms. The van der Waals surface area contributed by atoms with Crippen molar-refractivity contribution in [3.8, 4) is 21.9 Å². The van der Waals surface area contributed by atoms with Crippen LogP contribution in [0.1, 0.15) is 6.92 Å². The van der Waals surface area contributed by atoms with Gasteiger partial charge in [-0.05, 0) is 12.1 Å². The van der Waals surface area contributed by atoms with E-state index in [0.29, 0.717) is 33.3 Å². The molecule has 2 aromatic carbocycles. The molecule has 11 heteroatoms. The Morgan fingerprint density at radius 3 is 2.76 bits per heavy atom. The Hall–Kier alpha value is -2.67. The van der Waals surface area contributed by atoms with Crippen molar-refractivity contribution in [2.75, 3.05) is 40.7 Å². The molecule has 1 aliphatic heterocycles. The maximum atomic E-state index is 13.4. The third kappa shape index (κ3) is 5.62. The predicted octanol–water partition coefficient (Wildman–Crippen LogP) is 5.55. The van der Waals surface area contributed by atoms with Gasteiger partial charge >= 0.3 is 191 Å². The first-order chi connectivity index (χ1) is 18.0. The van der Waals surface area contributed by atoms with Crippen molar-refractivity contribution >= 4 is 65.0 Å². The van der Waals surface area contributed by atoms with E-state index in [1.807, 2.05) is 48.5 Å². The van der Waals surface area contributed by atoms with Gasteiger partial charge in [-0.3, -0.25) is 0 Å². The van der Waals surface area contributed by atoms with Gasteiger partial charge in [-0.1, -0.05) is 23.7 Å². The molecule has 0 saturated carbocycles. The van der Waals surface area contributed by atoms with E-state index in [2.05, 4.69) is 9.88 Å². The number of benzene rings is 2. The van der Waals surface area contributed by atoms with Crippen molar-refractivity contribution in [3.05, 3.63) is 70.2 Å². The average Bonchev–Trinajstić information content (AvgIpc) is 3.56. The van der Waals surface area contributed by atoms with Crippen LogP contribution in [0.3, 0.4) is 0 Å². The summed E-state index contributed by atoms with van der Waals surface area (Å²) in [6.07, 6.45) is 1.56. The molecule has 1 fully saturated rings. The number of rotatable bonds is 8. The number of hydrogen-bond donors (Lipinski definition) is 0. The van der Waals surface area contributed by atoms with E-state index in [9.17, 15) is 9.59 Å². The minimum absolute atomic E-state index is 0.0173. The van der Waals surface area contributed by atoms with Crippen LogP contribution in [0, 0.1) is 0 Å². The first kappa shape index (κ1) is 26.0. The second-order valence-electron chi connectivity index (χ2n) is 8.15. The summed E-state index contributed by atoms with van der Waals surface area (Å²) in [7, 11) is 1.62. The summed E-state index contributed by atoms with van der Waals surface area (Å²) in [6.45, 7) is 2.99. The Morgan fingerprint density at radius 2 is 2.00 bits per heavy atom. The van der Waals surface area contributed by atoms with Crippen LogP contribution in [0.5, 0.6) is 5.75 Å². The van der Waals surface area contributed by atoms with Gasteiger partial charge in [0.2, 0.25) is 0 Å². The average molecular weight is 654 g/mol. The summed E-state index contributed by atoms with van der Waals surface area (Å²) >= 11 is 5.68. The fraction of sp³-hybridized carbons (Fsp3) is 0.269. The normalized spacial score (nSPS) is 14.4. The van der Waals surface area contributed by atoms with Crippen molar-refractivity contribution < 1.29 is 17.3 Å². The second-order valence-corrected chi connectivity index (χ2v) is 14.3. The molecule has 1 saturated heterocycles. The summed E-state index contributed by atoms with van der Waals surface area (Å²) in [5.41, 5.74) is 3.13. The van der Waals surface area contributed by atoms with E-state index in [-0.39, 0.29) is 18.1 Å². The molecule has 0 radical (unpaired) electrons. The summed E-state index contributed by atoms with van der Waals surface area (Å²) in [4.78, 5) is 32.7. The third-order valence-electron chi connectivity index (χ3n) is 5.82. The van der Waals surface area contributed by atoms with Crippen molar-refractivity contribution in [1.82, 2.24) is 9.55 Å². The number of hydrogen-bond acceptors (Lipinski definition) is 8. The van der Waals surface area contributed by atoms with Crippen molar-refractivity contribution in [2.45, 2.75) is 6.92 Å². The number of fused-ring (bicyclic) bond motifs is 1. The van der Waals surface area contributed by atoms with Gasteiger partial charge in [0.1, 0.15) is 0 Å². The van der Waals surface area contributed by atoms with Crippen LogP contribution in [0.2, 0.25) is 5.02 Å². The van der Waals surface area contributed by atoms with Gasteiger partial charge in [-0.15, -0.1) is 0 Å². The second kappa shape index (κ2) is 11.4. The van der Waals surface area contributed by atoms with Gasteiger partial charge in [0.15, 0.2) is 0 Å². The Morgan fingerprint density at radius 1 is 1.19 bits per heavy atom. The molecule has 2 aromatic heterocycles. The molecule has 0 amide bonds. The van der Waals surface area contributed by atoms with Gasteiger partial charge in [-0.2, -0.15) is 0 Å². The van der Waals surface area contributed by atoms with Crippen LogP contribution in [0.25, 0.3) is 26.3 Å². The summed E-state index contributed by atoms with van der Waals surface area (Å²) in [5, 5.41) is 0.666. The number of methoxy groups -OCH3 is 1. The van der Waals surface area contributed by atoms with Crippen LogP contribution < -0.4 is 15.2 Å². The molecule has 3 heterocycles. The van der Waals surface area contributed by atoms with Gasteiger partial charge < -0.3 is 0 Å². The summed E-state index contributed by atoms with van der Waals surface area (Å²) in [5.74, 6) is 0.350. The fourth-order valence-corrected chi connectivity index (χ4v) is 9.47. The molecule has 194 valence electrons. The number of aromatic nitrogens is 2.